The van der Waals surface area contributed by atoms with Gasteiger partial charge >= 0.3 is 0 Å². The number of nitrogens with two attached hydrogens (primary N) is 1. The Morgan fingerprint density at radius 3 is 2.67 bits per heavy atom. The highest BCUT2D eigenvalue weighted by Gasteiger charge is 2.15. The number of nitrogens with zero attached hydrogens (tertiary/aromatic N) is 2. The summed E-state index contributed by atoms with van der Waals surface area (Å²) in [5.41, 5.74) is 7.55. The maximum atomic E-state index is 8.78. The number of amidine groups is 1. The van der Waals surface area contributed by atoms with E-state index in [1.54, 1.807) is 7.11 Å². The van der Waals surface area contributed by atoms with Gasteiger partial charge in [0.05, 0.1) is 6.61 Å². The van der Waals surface area contributed by atoms with Crippen molar-refractivity contribution in [1.29, 1.82) is 0 Å². The van der Waals surface area contributed by atoms with Crippen LogP contribution < -0.4 is 5.73 Å². The number of oxime groups is 1. The van der Waals surface area contributed by atoms with Gasteiger partial charge in [-0.2, -0.15) is 0 Å². The predicted molar refractivity (Wildman–Crippen MR) is 85.6 cm³/mol. The van der Waals surface area contributed by atoms with Crippen LogP contribution in [0, 0.1) is 0 Å². The number of benzene rings is 1. The molecule has 5 nitrogen and oxygen atoms in total. The summed E-state index contributed by atoms with van der Waals surface area (Å²) in [6.07, 6.45) is 2.22. The first-order valence-corrected chi connectivity index (χ1v) is 7.46. The van der Waals surface area contributed by atoms with Crippen LogP contribution in [0.4, 0.5) is 0 Å². The van der Waals surface area contributed by atoms with E-state index in [0.717, 1.165) is 43.7 Å². The van der Waals surface area contributed by atoms with Gasteiger partial charge < -0.3 is 15.7 Å². The normalized spacial score (nSPS) is 12.3. The van der Waals surface area contributed by atoms with Crippen LogP contribution in [-0.4, -0.2) is 42.2 Å². The molecule has 1 aromatic rings. The first kappa shape index (κ1) is 17.5. The summed E-state index contributed by atoms with van der Waals surface area (Å²) in [6, 6.07) is 8.35. The van der Waals surface area contributed by atoms with Crippen molar-refractivity contribution in [2.24, 2.45) is 10.9 Å². The van der Waals surface area contributed by atoms with E-state index in [4.69, 9.17) is 15.7 Å². The molecular weight excluding hydrogens is 266 g/mol. The van der Waals surface area contributed by atoms with E-state index < -0.39 is 0 Å². The highest BCUT2D eigenvalue weighted by molar-refractivity contribution is 5.97. The average Bonchev–Trinajstić information content (AvgIpc) is 2.53. The summed E-state index contributed by atoms with van der Waals surface area (Å²) in [5.74, 6) is 0.142. The van der Waals surface area contributed by atoms with E-state index in [9.17, 15) is 0 Å². The molecule has 0 aliphatic carbocycles. The SMILES string of the molecule is CCC(CC)N(CCOC)Cc1cccc(C(N)=NO)c1. The number of hydrogen-bond acceptors (Lipinski definition) is 4. The van der Waals surface area contributed by atoms with Crippen LogP contribution in [0.25, 0.3) is 0 Å². The van der Waals surface area contributed by atoms with Crippen molar-refractivity contribution >= 4 is 5.84 Å². The number of rotatable bonds is 9. The van der Waals surface area contributed by atoms with Crippen LogP contribution in [0.15, 0.2) is 29.4 Å². The summed E-state index contributed by atoms with van der Waals surface area (Å²) in [6.45, 7) is 6.87. The van der Waals surface area contributed by atoms with E-state index in [1.165, 1.54) is 0 Å². The molecule has 0 radical (unpaired) electrons. The fourth-order valence-electron chi connectivity index (χ4n) is 2.53. The van der Waals surface area contributed by atoms with E-state index in [-0.39, 0.29) is 5.84 Å². The lowest BCUT2D eigenvalue weighted by Crippen LogP contribution is -2.36. The van der Waals surface area contributed by atoms with E-state index in [1.807, 2.05) is 18.2 Å². The number of ether oxygens (including phenoxy) is 1. The van der Waals surface area contributed by atoms with Crippen LogP contribution in [-0.2, 0) is 11.3 Å². The maximum Gasteiger partial charge on any atom is 0.170 e. The first-order valence-electron chi connectivity index (χ1n) is 7.46. The second-order valence-electron chi connectivity index (χ2n) is 5.12. The first-order chi connectivity index (χ1) is 10.2. The van der Waals surface area contributed by atoms with Crippen LogP contribution in [0.2, 0.25) is 0 Å². The van der Waals surface area contributed by atoms with Crippen molar-refractivity contribution in [3.8, 4) is 0 Å². The molecule has 3 N–H and O–H groups in total. The van der Waals surface area contributed by atoms with E-state index in [2.05, 4.69) is 30.0 Å². The molecule has 0 aliphatic heterocycles. The van der Waals surface area contributed by atoms with Crippen molar-refractivity contribution in [2.75, 3.05) is 20.3 Å². The van der Waals surface area contributed by atoms with Crippen LogP contribution in [0.5, 0.6) is 0 Å². The van der Waals surface area contributed by atoms with Crippen molar-refractivity contribution in [2.45, 2.75) is 39.3 Å². The molecule has 0 heterocycles. The van der Waals surface area contributed by atoms with Crippen molar-refractivity contribution in [3.05, 3.63) is 35.4 Å². The average molecular weight is 293 g/mol. The van der Waals surface area contributed by atoms with Crippen molar-refractivity contribution in [1.82, 2.24) is 4.90 Å². The molecule has 21 heavy (non-hydrogen) atoms. The molecule has 0 aliphatic rings. The van der Waals surface area contributed by atoms with Gasteiger partial charge in [0.25, 0.3) is 0 Å². The second kappa shape index (κ2) is 9.37. The third-order valence-electron chi connectivity index (χ3n) is 3.76. The number of methoxy groups -OCH3 is 1. The highest BCUT2D eigenvalue weighted by atomic mass is 16.5. The standard InChI is InChI=1S/C16H27N3O2/c1-4-15(5-2)19(9-10-21-3)12-13-7-6-8-14(11-13)16(17)18-20/h6-8,11,15,20H,4-5,9-10,12H2,1-3H3,(H2,17,18). The Labute approximate surface area is 127 Å². The molecule has 118 valence electrons. The summed E-state index contributed by atoms with van der Waals surface area (Å²) in [4.78, 5) is 2.43. The molecule has 0 bridgehead atoms. The van der Waals surface area contributed by atoms with Gasteiger partial charge in [-0.1, -0.05) is 37.2 Å². The molecule has 0 aromatic heterocycles. The van der Waals surface area contributed by atoms with Crippen molar-refractivity contribution in [3.63, 3.8) is 0 Å². The zero-order valence-electron chi connectivity index (χ0n) is 13.2. The minimum Gasteiger partial charge on any atom is -0.409 e. The minimum atomic E-state index is 0.142. The predicted octanol–water partition coefficient (Wildman–Crippen LogP) is 2.42. The Bertz CT molecular complexity index is 445. The van der Waals surface area contributed by atoms with Gasteiger partial charge in [0.15, 0.2) is 5.84 Å². The molecule has 0 unspecified atom stereocenters. The van der Waals surface area contributed by atoms with E-state index >= 15 is 0 Å². The molecule has 0 saturated heterocycles. The highest BCUT2D eigenvalue weighted by Crippen LogP contribution is 2.14. The number of hydrogen-bond donors (Lipinski definition) is 2. The smallest absolute Gasteiger partial charge is 0.170 e. The fraction of sp³-hybridized carbons (Fsp3) is 0.562. The molecule has 0 spiro atoms. The lowest BCUT2D eigenvalue weighted by molar-refractivity contribution is 0.110. The third-order valence-corrected chi connectivity index (χ3v) is 3.76. The van der Waals surface area contributed by atoms with Gasteiger partial charge in [-0.05, 0) is 24.5 Å². The molecule has 1 aromatic carbocycles. The van der Waals surface area contributed by atoms with Gasteiger partial charge in [0.1, 0.15) is 0 Å². The molecule has 0 fully saturated rings. The third kappa shape index (κ3) is 5.36. The fourth-order valence-corrected chi connectivity index (χ4v) is 2.53. The topological polar surface area (TPSA) is 71.1 Å². The van der Waals surface area contributed by atoms with Gasteiger partial charge in [-0.25, -0.2) is 0 Å². The maximum absolute atomic E-state index is 8.78. The van der Waals surface area contributed by atoms with E-state index in [0.29, 0.717) is 6.04 Å². The molecule has 5 heteroatoms. The van der Waals surface area contributed by atoms with Gasteiger partial charge in [-0.15, -0.1) is 0 Å². The van der Waals surface area contributed by atoms with Crippen LogP contribution in [0.3, 0.4) is 0 Å². The van der Waals surface area contributed by atoms with Crippen LogP contribution >= 0.6 is 0 Å². The lowest BCUT2D eigenvalue weighted by Gasteiger charge is -2.30. The Kier molecular flexibility index (Phi) is 7.79. The molecule has 0 saturated carbocycles. The quantitative estimate of drug-likeness (QED) is 0.317. The Morgan fingerprint density at radius 2 is 2.10 bits per heavy atom. The van der Waals surface area contributed by atoms with Gasteiger partial charge in [0, 0.05) is 31.8 Å². The zero-order valence-corrected chi connectivity index (χ0v) is 13.2. The van der Waals surface area contributed by atoms with Gasteiger partial charge in [-0.3, -0.25) is 4.90 Å². The molecule has 0 atom stereocenters. The second-order valence-corrected chi connectivity index (χ2v) is 5.12. The summed E-state index contributed by atoms with van der Waals surface area (Å²) < 4.78 is 5.21. The van der Waals surface area contributed by atoms with Crippen molar-refractivity contribution < 1.29 is 9.94 Å². The minimum absolute atomic E-state index is 0.142. The monoisotopic (exact) mass is 293 g/mol. The zero-order chi connectivity index (χ0) is 15.7. The molecule has 0 amide bonds. The summed E-state index contributed by atoms with van der Waals surface area (Å²) in [7, 11) is 1.73. The molecule has 1 rings (SSSR count). The molecular formula is C16H27N3O2. The Morgan fingerprint density at radius 1 is 1.38 bits per heavy atom. The van der Waals surface area contributed by atoms with Gasteiger partial charge in [0.2, 0.25) is 0 Å². The Hall–Kier alpha value is -1.59. The largest absolute Gasteiger partial charge is 0.409 e. The summed E-state index contributed by atoms with van der Waals surface area (Å²) in [5, 5.41) is 11.8. The van der Waals surface area contributed by atoms with Crippen LogP contribution in [0.1, 0.15) is 37.8 Å². The Balaban J connectivity index is 2.87. The summed E-state index contributed by atoms with van der Waals surface area (Å²) >= 11 is 0. The lowest BCUT2D eigenvalue weighted by atomic mass is 10.1.